The van der Waals surface area contributed by atoms with Crippen molar-refractivity contribution in [2.75, 3.05) is 18.9 Å². The molecule has 0 spiro atoms. The Balaban J connectivity index is 1.87. The van der Waals surface area contributed by atoms with Gasteiger partial charge in [-0.3, -0.25) is 0 Å². The summed E-state index contributed by atoms with van der Waals surface area (Å²) in [5.41, 5.74) is 0.595. The molecule has 0 amide bonds. The van der Waals surface area contributed by atoms with Gasteiger partial charge in [-0.05, 0) is 51.0 Å². The highest BCUT2D eigenvalue weighted by molar-refractivity contribution is 9.09. The average molecular weight is 274 g/mol. The van der Waals surface area contributed by atoms with Crippen LogP contribution in [0.2, 0.25) is 0 Å². The van der Waals surface area contributed by atoms with Gasteiger partial charge < -0.3 is 4.90 Å². The maximum absolute atomic E-state index is 3.74. The topological polar surface area (TPSA) is 3.24 Å². The molecule has 0 aromatic rings. The van der Waals surface area contributed by atoms with Crippen LogP contribution in [0.15, 0.2) is 0 Å². The highest BCUT2D eigenvalue weighted by Crippen LogP contribution is 2.42. The molecular formula is C13H24BrN. The van der Waals surface area contributed by atoms with Crippen molar-refractivity contribution in [2.45, 2.75) is 51.5 Å². The predicted molar refractivity (Wildman–Crippen MR) is 69.5 cm³/mol. The van der Waals surface area contributed by atoms with Gasteiger partial charge in [0.15, 0.2) is 0 Å². The molecule has 15 heavy (non-hydrogen) atoms. The zero-order chi connectivity index (χ0) is 10.9. The molecule has 0 radical (unpaired) electrons. The van der Waals surface area contributed by atoms with Crippen molar-refractivity contribution >= 4 is 15.9 Å². The Morgan fingerprint density at radius 3 is 2.40 bits per heavy atom. The molecule has 0 heterocycles. The van der Waals surface area contributed by atoms with E-state index in [1.165, 1.54) is 50.4 Å². The molecule has 2 aliphatic carbocycles. The Bertz CT molecular complexity index is 207. The van der Waals surface area contributed by atoms with E-state index in [4.69, 9.17) is 0 Å². The Labute approximate surface area is 103 Å². The van der Waals surface area contributed by atoms with Gasteiger partial charge in [0, 0.05) is 17.9 Å². The number of nitrogens with zero attached hydrogens (tertiary/aromatic N) is 1. The fourth-order valence-corrected chi connectivity index (χ4v) is 3.81. The molecule has 1 nitrogen and oxygen atoms in total. The zero-order valence-electron chi connectivity index (χ0n) is 10.1. The summed E-state index contributed by atoms with van der Waals surface area (Å²) in [5, 5.41) is 1.20. The predicted octanol–water partition coefficient (Wildman–Crippen LogP) is 3.67. The molecule has 2 rings (SSSR count). The lowest BCUT2D eigenvalue weighted by atomic mass is 9.87. The highest BCUT2D eigenvalue weighted by Gasteiger charge is 2.37. The molecule has 0 aliphatic heterocycles. The Morgan fingerprint density at radius 2 is 1.93 bits per heavy atom. The molecule has 88 valence electrons. The molecule has 2 heteroatoms. The summed E-state index contributed by atoms with van der Waals surface area (Å²) in [6.07, 6.45) is 8.67. The first-order valence-corrected chi connectivity index (χ1v) is 7.55. The third-order valence-corrected chi connectivity index (χ3v) is 5.72. The van der Waals surface area contributed by atoms with E-state index in [9.17, 15) is 0 Å². The third kappa shape index (κ3) is 2.76. The van der Waals surface area contributed by atoms with Crippen LogP contribution in [0.1, 0.15) is 45.4 Å². The van der Waals surface area contributed by atoms with E-state index in [-0.39, 0.29) is 0 Å². The summed E-state index contributed by atoms with van der Waals surface area (Å²) in [7, 11) is 2.33. The van der Waals surface area contributed by atoms with Crippen molar-refractivity contribution < 1.29 is 0 Å². The van der Waals surface area contributed by atoms with Gasteiger partial charge in [-0.2, -0.15) is 0 Å². The second-order valence-electron chi connectivity index (χ2n) is 5.83. The monoisotopic (exact) mass is 273 g/mol. The van der Waals surface area contributed by atoms with E-state index in [0.29, 0.717) is 5.41 Å². The highest BCUT2D eigenvalue weighted by atomic mass is 79.9. The van der Waals surface area contributed by atoms with Crippen molar-refractivity contribution in [1.29, 1.82) is 0 Å². The molecule has 0 bridgehead atoms. The molecule has 2 fully saturated rings. The first-order valence-electron chi connectivity index (χ1n) is 6.43. The Hall–Kier alpha value is 0.440. The largest absolute Gasteiger partial charge is 0.303 e. The van der Waals surface area contributed by atoms with E-state index in [0.717, 1.165) is 12.0 Å². The first kappa shape index (κ1) is 11.9. The summed E-state index contributed by atoms with van der Waals surface area (Å²) >= 11 is 3.74. The van der Waals surface area contributed by atoms with Crippen molar-refractivity contribution in [3.8, 4) is 0 Å². The quantitative estimate of drug-likeness (QED) is 0.691. The van der Waals surface area contributed by atoms with Crippen LogP contribution < -0.4 is 0 Å². The van der Waals surface area contributed by atoms with Crippen LogP contribution in [0.4, 0.5) is 0 Å². The zero-order valence-corrected chi connectivity index (χ0v) is 11.7. The molecule has 1 atom stereocenters. The standard InChI is InChI=1S/C13H24BrN/c1-11(12-5-6-12)15(2)10-13(9-14)7-3-4-8-13/h11-12H,3-10H2,1-2H3. The molecule has 2 saturated carbocycles. The summed E-state index contributed by atoms with van der Waals surface area (Å²) < 4.78 is 0. The summed E-state index contributed by atoms with van der Waals surface area (Å²) in [5.74, 6) is 1.00. The number of hydrogen-bond acceptors (Lipinski definition) is 1. The fourth-order valence-electron chi connectivity index (χ4n) is 3.07. The number of hydrogen-bond donors (Lipinski definition) is 0. The van der Waals surface area contributed by atoms with E-state index >= 15 is 0 Å². The van der Waals surface area contributed by atoms with Gasteiger partial charge in [0.2, 0.25) is 0 Å². The van der Waals surface area contributed by atoms with Crippen LogP contribution >= 0.6 is 15.9 Å². The normalized spacial score (nSPS) is 27.2. The van der Waals surface area contributed by atoms with Crippen LogP contribution in [0.3, 0.4) is 0 Å². The Morgan fingerprint density at radius 1 is 1.33 bits per heavy atom. The second kappa shape index (κ2) is 4.75. The van der Waals surface area contributed by atoms with Gasteiger partial charge in [0.1, 0.15) is 0 Å². The SMILES string of the molecule is CC(C1CC1)N(C)CC1(CBr)CCCC1. The minimum atomic E-state index is 0.595. The van der Waals surface area contributed by atoms with Gasteiger partial charge in [-0.25, -0.2) is 0 Å². The minimum Gasteiger partial charge on any atom is -0.303 e. The van der Waals surface area contributed by atoms with Gasteiger partial charge >= 0.3 is 0 Å². The van der Waals surface area contributed by atoms with Crippen molar-refractivity contribution in [2.24, 2.45) is 11.3 Å². The van der Waals surface area contributed by atoms with Crippen molar-refractivity contribution in [3.05, 3.63) is 0 Å². The molecule has 0 aromatic heterocycles. The number of alkyl halides is 1. The van der Waals surface area contributed by atoms with Gasteiger partial charge in [0.05, 0.1) is 0 Å². The maximum Gasteiger partial charge on any atom is 0.0100 e. The number of halogens is 1. The maximum atomic E-state index is 3.74. The fraction of sp³-hybridized carbons (Fsp3) is 1.00. The van der Waals surface area contributed by atoms with Crippen LogP contribution in [0.25, 0.3) is 0 Å². The lowest BCUT2D eigenvalue weighted by Gasteiger charge is -2.35. The summed E-state index contributed by atoms with van der Waals surface area (Å²) in [6, 6.07) is 0.807. The Kier molecular flexibility index (Phi) is 3.77. The van der Waals surface area contributed by atoms with Crippen LogP contribution in [-0.4, -0.2) is 29.9 Å². The van der Waals surface area contributed by atoms with E-state index in [1.807, 2.05) is 0 Å². The van der Waals surface area contributed by atoms with Crippen LogP contribution in [0.5, 0.6) is 0 Å². The second-order valence-corrected chi connectivity index (χ2v) is 6.39. The molecule has 1 unspecified atom stereocenters. The molecule has 0 saturated heterocycles. The van der Waals surface area contributed by atoms with Crippen molar-refractivity contribution in [3.63, 3.8) is 0 Å². The molecular weight excluding hydrogens is 250 g/mol. The summed E-state index contributed by atoms with van der Waals surface area (Å²) in [4.78, 5) is 2.62. The average Bonchev–Trinajstić information content (AvgIpc) is 2.99. The van der Waals surface area contributed by atoms with Gasteiger partial charge in [-0.15, -0.1) is 0 Å². The van der Waals surface area contributed by atoms with Gasteiger partial charge in [-0.1, -0.05) is 28.8 Å². The summed E-state index contributed by atoms with van der Waals surface area (Å²) in [6.45, 7) is 3.71. The molecule has 2 aliphatic rings. The van der Waals surface area contributed by atoms with Crippen molar-refractivity contribution in [1.82, 2.24) is 4.90 Å². The third-order valence-electron chi connectivity index (χ3n) is 4.53. The van der Waals surface area contributed by atoms with Gasteiger partial charge in [0.25, 0.3) is 0 Å². The van der Waals surface area contributed by atoms with E-state index < -0.39 is 0 Å². The van der Waals surface area contributed by atoms with Crippen LogP contribution in [0, 0.1) is 11.3 Å². The number of rotatable bonds is 5. The first-order chi connectivity index (χ1) is 7.17. The van der Waals surface area contributed by atoms with E-state index in [1.54, 1.807) is 0 Å². The molecule has 0 N–H and O–H groups in total. The lowest BCUT2D eigenvalue weighted by Crippen LogP contribution is -2.40. The lowest BCUT2D eigenvalue weighted by molar-refractivity contribution is 0.151. The smallest absolute Gasteiger partial charge is 0.0100 e. The molecule has 0 aromatic carbocycles. The van der Waals surface area contributed by atoms with Crippen LogP contribution in [-0.2, 0) is 0 Å². The minimum absolute atomic E-state index is 0.595. The van der Waals surface area contributed by atoms with E-state index in [2.05, 4.69) is 34.8 Å².